The van der Waals surface area contributed by atoms with E-state index in [9.17, 15) is 12.8 Å². The van der Waals surface area contributed by atoms with Crippen LogP contribution >= 0.6 is 11.6 Å². The van der Waals surface area contributed by atoms with Crippen LogP contribution in [0.5, 0.6) is 0 Å². The molecule has 0 radical (unpaired) electrons. The Labute approximate surface area is 70.5 Å². The SMILES string of the molecule is C=CS(=O)(=O)N(C)CC(F)Cl. The molecule has 0 heterocycles. The van der Waals surface area contributed by atoms with Crippen molar-refractivity contribution in [1.82, 2.24) is 4.31 Å². The number of nitrogens with zero attached hydrogens (tertiary/aromatic N) is 1. The molecule has 1 atom stereocenters. The maximum Gasteiger partial charge on any atom is 0.235 e. The molecule has 0 saturated heterocycles. The molecule has 0 spiro atoms. The van der Waals surface area contributed by atoms with E-state index in [2.05, 4.69) is 6.58 Å². The maximum atomic E-state index is 12.0. The van der Waals surface area contributed by atoms with Gasteiger partial charge in [-0.2, -0.15) is 4.31 Å². The van der Waals surface area contributed by atoms with Gasteiger partial charge in [0.15, 0.2) is 5.63 Å². The standard InChI is InChI=1S/C5H9ClFNO2S/c1-3-11(9,10)8(2)4-5(6)7/h3,5H,1,4H2,2H3. The summed E-state index contributed by atoms with van der Waals surface area (Å²) in [5, 5.41) is 0.742. The van der Waals surface area contributed by atoms with Crippen LogP contribution in [0.4, 0.5) is 4.39 Å². The molecule has 1 unspecified atom stereocenters. The van der Waals surface area contributed by atoms with E-state index in [1.165, 1.54) is 7.05 Å². The largest absolute Gasteiger partial charge is 0.235 e. The van der Waals surface area contributed by atoms with Gasteiger partial charge in [0.25, 0.3) is 0 Å². The van der Waals surface area contributed by atoms with Gasteiger partial charge in [-0.15, -0.1) is 0 Å². The van der Waals surface area contributed by atoms with Crippen LogP contribution in [0.25, 0.3) is 0 Å². The Hall–Kier alpha value is -0.130. The van der Waals surface area contributed by atoms with Crippen LogP contribution in [0.2, 0.25) is 0 Å². The Balaban J connectivity index is 4.26. The molecule has 3 nitrogen and oxygen atoms in total. The molecule has 0 bridgehead atoms. The summed E-state index contributed by atoms with van der Waals surface area (Å²) in [4.78, 5) is 0. The van der Waals surface area contributed by atoms with Crippen molar-refractivity contribution in [3.63, 3.8) is 0 Å². The van der Waals surface area contributed by atoms with Gasteiger partial charge in [-0.1, -0.05) is 18.2 Å². The molecule has 66 valence electrons. The first-order valence-electron chi connectivity index (χ1n) is 2.77. The Kier molecular flexibility index (Phi) is 3.99. The predicted molar refractivity (Wildman–Crippen MR) is 42.5 cm³/mol. The van der Waals surface area contributed by atoms with E-state index in [0.29, 0.717) is 0 Å². The number of alkyl halides is 2. The Morgan fingerprint density at radius 2 is 2.27 bits per heavy atom. The average Bonchev–Trinajstić information content (AvgIpc) is 1.86. The molecular weight excluding hydrogens is 193 g/mol. The fourth-order valence-corrected chi connectivity index (χ4v) is 1.31. The number of hydrogen-bond acceptors (Lipinski definition) is 2. The maximum absolute atomic E-state index is 12.0. The van der Waals surface area contributed by atoms with Gasteiger partial charge < -0.3 is 0 Å². The fourth-order valence-electron chi connectivity index (χ4n) is 0.425. The van der Waals surface area contributed by atoms with Gasteiger partial charge in [0.2, 0.25) is 10.0 Å². The van der Waals surface area contributed by atoms with Crippen LogP contribution in [0.3, 0.4) is 0 Å². The molecule has 0 rings (SSSR count). The van der Waals surface area contributed by atoms with E-state index in [-0.39, 0.29) is 6.54 Å². The first kappa shape index (κ1) is 10.9. The van der Waals surface area contributed by atoms with Crippen LogP contribution in [-0.2, 0) is 10.0 Å². The molecule has 0 aliphatic heterocycles. The number of halogens is 2. The van der Waals surface area contributed by atoms with Gasteiger partial charge >= 0.3 is 0 Å². The molecule has 0 N–H and O–H groups in total. The van der Waals surface area contributed by atoms with Crippen LogP contribution in [0.15, 0.2) is 12.0 Å². The van der Waals surface area contributed by atoms with Crippen LogP contribution in [0, 0.1) is 0 Å². The minimum atomic E-state index is -3.52. The molecule has 0 aromatic carbocycles. The molecule has 6 heteroatoms. The number of rotatable bonds is 4. The van der Waals surface area contributed by atoms with Gasteiger partial charge in [0.1, 0.15) is 0 Å². The van der Waals surface area contributed by atoms with Crippen molar-refractivity contribution in [2.24, 2.45) is 0 Å². The van der Waals surface area contributed by atoms with Gasteiger partial charge in [-0.25, -0.2) is 12.8 Å². The monoisotopic (exact) mass is 201 g/mol. The first-order chi connectivity index (χ1) is 4.90. The summed E-state index contributed by atoms with van der Waals surface area (Å²) in [6.45, 7) is 2.70. The van der Waals surface area contributed by atoms with Crippen molar-refractivity contribution in [1.29, 1.82) is 0 Å². The Morgan fingerprint density at radius 3 is 2.55 bits per heavy atom. The lowest BCUT2D eigenvalue weighted by atomic mass is 10.7. The topological polar surface area (TPSA) is 37.4 Å². The summed E-state index contributed by atoms with van der Waals surface area (Å²) >= 11 is 4.93. The van der Waals surface area contributed by atoms with Crippen molar-refractivity contribution < 1.29 is 12.8 Å². The lowest BCUT2D eigenvalue weighted by Crippen LogP contribution is -2.29. The zero-order valence-corrected chi connectivity index (χ0v) is 7.57. The van der Waals surface area contributed by atoms with Crippen molar-refractivity contribution in [2.45, 2.75) is 5.63 Å². The summed E-state index contributed by atoms with van der Waals surface area (Å²) in [6, 6.07) is 0. The van der Waals surface area contributed by atoms with E-state index in [1.807, 2.05) is 0 Å². The van der Waals surface area contributed by atoms with Crippen molar-refractivity contribution >= 4 is 21.6 Å². The van der Waals surface area contributed by atoms with E-state index in [0.717, 1.165) is 9.71 Å². The number of hydrogen-bond donors (Lipinski definition) is 0. The third-order valence-electron chi connectivity index (χ3n) is 1.04. The second-order valence-corrected chi connectivity index (χ2v) is 4.34. The zero-order valence-electron chi connectivity index (χ0n) is 6.00. The highest BCUT2D eigenvalue weighted by molar-refractivity contribution is 7.91. The van der Waals surface area contributed by atoms with Crippen molar-refractivity contribution in [3.05, 3.63) is 12.0 Å². The van der Waals surface area contributed by atoms with Gasteiger partial charge in [-0.3, -0.25) is 0 Å². The van der Waals surface area contributed by atoms with E-state index in [4.69, 9.17) is 11.6 Å². The molecule has 0 saturated carbocycles. The van der Waals surface area contributed by atoms with Gasteiger partial charge in [-0.05, 0) is 0 Å². The molecule has 0 fully saturated rings. The van der Waals surface area contributed by atoms with E-state index in [1.54, 1.807) is 0 Å². The minimum Gasteiger partial charge on any atom is -0.229 e. The lowest BCUT2D eigenvalue weighted by molar-refractivity contribution is 0.362. The fraction of sp³-hybridized carbons (Fsp3) is 0.600. The Bertz CT molecular complexity index is 227. The van der Waals surface area contributed by atoms with Crippen LogP contribution in [-0.4, -0.2) is 31.9 Å². The molecule has 0 aromatic heterocycles. The molecular formula is C5H9ClFNO2S. The predicted octanol–water partition coefficient (Wildman–Crippen LogP) is 0.926. The summed E-state index contributed by atoms with van der Waals surface area (Å²) in [6.07, 6.45) is 0. The first-order valence-corrected chi connectivity index (χ1v) is 4.71. The molecule has 0 aliphatic carbocycles. The minimum absolute atomic E-state index is 0.365. The lowest BCUT2D eigenvalue weighted by Gasteiger charge is -2.13. The average molecular weight is 202 g/mol. The third kappa shape index (κ3) is 3.69. The van der Waals surface area contributed by atoms with Crippen molar-refractivity contribution in [2.75, 3.05) is 13.6 Å². The summed E-state index contributed by atoms with van der Waals surface area (Å²) < 4.78 is 34.5. The van der Waals surface area contributed by atoms with E-state index < -0.39 is 15.7 Å². The second-order valence-electron chi connectivity index (χ2n) is 1.88. The highest BCUT2D eigenvalue weighted by Gasteiger charge is 2.16. The van der Waals surface area contributed by atoms with E-state index >= 15 is 0 Å². The Morgan fingerprint density at radius 1 is 1.82 bits per heavy atom. The summed E-state index contributed by atoms with van der Waals surface area (Å²) in [5.74, 6) is 0. The number of sulfonamides is 1. The highest BCUT2D eigenvalue weighted by atomic mass is 35.5. The molecule has 11 heavy (non-hydrogen) atoms. The normalized spacial score (nSPS) is 14.9. The zero-order chi connectivity index (χ0) is 9.07. The van der Waals surface area contributed by atoms with Crippen LogP contribution < -0.4 is 0 Å². The summed E-state index contributed by atoms with van der Waals surface area (Å²) in [7, 11) is -2.29. The van der Waals surface area contributed by atoms with Gasteiger partial charge in [0, 0.05) is 12.5 Å². The smallest absolute Gasteiger partial charge is 0.229 e. The third-order valence-corrected chi connectivity index (χ3v) is 2.62. The second kappa shape index (κ2) is 4.04. The molecule has 0 aromatic rings. The van der Waals surface area contributed by atoms with Crippen LogP contribution in [0.1, 0.15) is 0 Å². The van der Waals surface area contributed by atoms with Gasteiger partial charge in [0.05, 0.1) is 6.54 Å². The highest BCUT2D eigenvalue weighted by Crippen LogP contribution is 2.04. The summed E-state index contributed by atoms with van der Waals surface area (Å²) in [5.41, 5.74) is -1.69. The van der Waals surface area contributed by atoms with Crippen molar-refractivity contribution in [3.8, 4) is 0 Å². The quantitative estimate of drug-likeness (QED) is 0.635. The molecule has 0 amide bonds. The molecule has 0 aliphatic rings.